The van der Waals surface area contributed by atoms with E-state index in [1.807, 2.05) is 0 Å². The number of hydrogen-bond acceptors (Lipinski definition) is 5. The number of benzene rings is 2. The van der Waals surface area contributed by atoms with Crippen LogP contribution in [0.15, 0.2) is 36.4 Å². The van der Waals surface area contributed by atoms with Crippen LogP contribution in [0.2, 0.25) is 0 Å². The first kappa shape index (κ1) is 28.1. The molecule has 0 atom stereocenters. The zero-order valence-corrected chi connectivity index (χ0v) is 20.8. The van der Waals surface area contributed by atoms with E-state index in [0.717, 1.165) is 38.8 Å². The van der Waals surface area contributed by atoms with Gasteiger partial charge in [-0.3, -0.25) is 14.4 Å². The van der Waals surface area contributed by atoms with E-state index in [0.29, 0.717) is 18.0 Å². The molecular weight excluding hydrogens is 452 g/mol. The third-order valence-electron chi connectivity index (χ3n) is 5.77. The second-order valence-corrected chi connectivity index (χ2v) is 8.81. The molecule has 0 amide bonds. The molecule has 0 saturated carbocycles. The molecule has 0 unspecified atom stereocenters. The quantitative estimate of drug-likeness (QED) is 0.154. The fraction of sp³-hybridized carbons (Fsp3) is 0.464. The fourth-order valence-corrected chi connectivity index (χ4v) is 3.91. The van der Waals surface area contributed by atoms with E-state index < -0.39 is 40.5 Å². The molecule has 0 aliphatic carbocycles. The summed E-state index contributed by atoms with van der Waals surface area (Å²) in [6.45, 7) is 4.93. The van der Waals surface area contributed by atoms with Crippen LogP contribution < -0.4 is 10.1 Å². The smallest absolute Gasteiger partial charge is 0.186 e. The molecule has 2 rings (SSSR count). The Balaban J connectivity index is 1.89. The normalized spacial score (nSPS) is 10.9. The van der Waals surface area contributed by atoms with Crippen molar-refractivity contribution in [2.75, 3.05) is 11.9 Å². The number of ether oxygens (including phenoxy) is 1. The van der Waals surface area contributed by atoms with Gasteiger partial charge in [0.15, 0.2) is 5.78 Å². The van der Waals surface area contributed by atoms with Gasteiger partial charge >= 0.3 is 0 Å². The summed E-state index contributed by atoms with van der Waals surface area (Å²) < 4.78 is 34.9. The molecule has 2 aromatic rings. The zero-order valence-electron chi connectivity index (χ0n) is 20.8. The summed E-state index contributed by atoms with van der Waals surface area (Å²) in [5, 5.41) is 2.88. The van der Waals surface area contributed by atoms with Crippen molar-refractivity contribution in [3.63, 3.8) is 0 Å². The van der Waals surface area contributed by atoms with Crippen LogP contribution in [-0.4, -0.2) is 24.0 Å². The van der Waals surface area contributed by atoms with E-state index in [1.165, 1.54) is 38.5 Å². The Morgan fingerprint density at radius 3 is 1.83 bits per heavy atom. The second kappa shape index (κ2) is 14.3. The van der Waals surface area contributed by atoms with E-state index in [2.05, 4.69) is 12.2 Å². The lowest BCUT2D eigenvalue weighted by Crippen LogP contribution is -2.30. The average molecular weight is 488 g/mol. The van der Waals surface area contributed by atoms with Crippen molar-refractivity contribution in [3.05, 3.63) is 53.6 Å². The van der Waals surface area contributed by atoms with Gasteiger partial charge < -0.3 is 10.1 Å². The van der Waals surface area contributed by atoms with Gasteiger partial charge in [0.25, 0.3) is 0 Å². The van der Waals surface area contributed by atoms with Crippen LogP contribution in [0.1, 0.15) is 82.5 Å². The summed E-state index contributed by atoms with van der Waals surface area (Å²) in [5.74, 6) is -5.98. The minimum absolute atomic E-state index is 0.0892. The number of hydrogen-bond donors (Lipinski definition) is 1. The summed E-state index contributed by atoms with van der Waals surface area (Å²) >= 11 is 0. The van der Waals surface area contributed by atoms with Gasteiger partial charge in [-0.1, -0.05) is 51.9 Å². The van der Waals surface area contributed by atoms with E-state index in [4.69, 9.17) is 4.74 Å². The molecule has 190 valence electrons. The largest absolute Gasteiger partial charge is 0.494 e. The molecule has 2 aromatic carbocycles. The second-order valence-electron chi connectivity index (χ2n) is 8.81. The van der Waals surface area contributed by atoms with E-state index in [-0.39, 0.29) is 5.69 Å². The Bertz CT molecular complexity index is 968. The number of carbonyl (C=O) groups excluding carboxylic acids is 3. The fourth-order valence-electron chi connectivity index (χ4n) is 3.91. The molecule has 0 spiro atoms. The molecule has 0 fully saturated rings. The van der Waals surface area contributed by atoms with Crippen molar-refractivity contribution in [1.82, 2.24) is 0 Å². The van der Waals surface area contributed by atoms with E-state index in [1.54, 1.807) is 24.3 Å². The van der Waals surface area contributed by atoms with Gasteiger partial charge in [-0.15, -0.1) is 0 Å². The highest BCUT2D eigenvalue weighted by Crippen LogP contribution is 2.26. The first-order chi connectivity index (χ1) is 16.7. The topological polar surface area (TPSA) is 72.5 Å². The van der Waals surface area contributed by atoms with E-state index in [9.17, 15) is 23.2 Å². The number of nitrogens with one attached hydrogen (secondary N) is 1. The molecule has 0 aliphatic heterocycles. The number of carbonyl (C=O) groups is 3. The van der Waals surface area contributed by atoms with Crippen molar-refractivity contribution >= 4 is 28.7 Å². The maximum atomic E-state index is 14.6. The SMILES string of the molecule is CCCCCCCCCCOc1ccc(Nc2cc(F)c(C(=O)C(C(C)=O)C(C)=O)c(F)c2)cc1. The minimum atomic E-state index is -1.71. The van der Waals surface area contributed by atoms with Crippen LogP contribution in [0.4, 0.5) is 20.2 Å². The Labute approximate surface area is 206 Å². The Morgan fingerprint density at radius 1 is 0.800 bits per heavy atom. The standard InChI is InChI=1S/C28H35F2NO4/c1-4-5-6-7-8-9-10-11-16-35-23-14-12-21(13-15-23)31-22-17-24(29)27(25(30)18-22)28(34)26(19(2)32)20(3)33/h12-15,17-18,26,31H,4-11,16H2,1-3H3. The van der Waals surface area contributed by atoms with Gasteiger partial charge in [0.2, 0.25) is 0 Å². The number of ketones is 3. The lowest BCUT2D eigenvalue weighted by atomic mass is 9.90. The van der Waals surface area contributed by atoms with Gasteiger partial charge in [0.1, 0.15) is 34.9 Å². The first-order valence-corrected chi connectivity index (χ1v) is 12.3. The highest BCUT2D eigenvalue weighted by atomic mass is 19.1. The van der Waals surface area contributed by atoms with Crippen LogP contribution in [0.3, 0.4) is 0 Å². The maximum absolute atomic E-state index is 14.6. The summed E-state index contributed by atoms with van der Waals surface area (Å²) in [4.78, 5) is 35.6. The molecule has 0 bridgehead atoms. The average Bonchev–Trinajstić information content (AvgIpc) is 2.78. The van der Waals surface area contributed by atoms with Gasteiger partial charge in [0.05, 0.1) is 12.2 Å². The summed E-state index contributed by atoms with van der Waals surface area (Å²) in [5.41, 5.74) is -0.227. The molecule has 0 saturated heterocycles. The van der Waals surface area contributed by atoms with Gasteiger partial charge in [-0.25, -0.2) is 8.78 Å². The zero-order chi connectivity index (χ0) is 25.8. The highest BCUT2D eigenvalue weighted by Gasteiger charge is 2.33. The van der Waals surface area contributed by atoms with Crippen molar-refractivity contribution in [2.24, 2.45) is 5.92 Å². The van der Waals surface area contributed by atoms with Crippen LogP contribution in [0.5, 0.6) is 5.75 Å². The first-order valence-electron chi connectivity index (χ1n) is 12.3. The summed E-state index contributed by atoms with van der Waals surface area (Å²) in [6.07, 6.45) is 9.80. The third-order valence-corrected chi connectivity index (χ3v) is 5.77. The predicted octanol–water partition coefficient (Wildman–Crippen LogP) is 7.20. The van der Waals surface area contributed by atoms with Crippen LogP contribution >= 0.6 is 0 Å². The highest BCUT2D eigenvalue weighted by molar-refractivity contribution is 6.23. The van der Waals surface area contributed by atoms with Gasteiger partial charge in [0, 0.05) is 11.4 Å². The molecule has 5 nitrogen and oxygen atoms in total. The van der Waals surface area contributed by atoms with Gasteiger partial charge in [-0.2, -0.15) is 0 Å². The third kappa shape index (κ3) is 8.89. The van der Waals surface area contributed by atoms with Crippen LogP contribution in [0.25, 0.3) is 0 Å². The van der Waals surface area contributed by atoms with Gasteiger partial charge in [-0.05, 0) is 56.7 Å². The lowest BCUT2D eigenvalue weighted by molar-refractivity contribution is -0.128. The molecular formula is C28H35F2NO4. The Hall–Kier alpha value is -3.09. The maximum Gasteiger partial charge on any atom is 0.186 e. The van der Waals surface area contributed by atoms with Crippen molar-refractivity contribution in [2.45, 2.75) is 72.1 Å². The predicted molar refractivity (Wildman–Crippen MR) is 133 cm³/mol. The Morgan fingerprint density at radius 2 is 1.31 bits per heavy atom. The molecule has 0 aromatic heterocycles. The minimum Gasteiger partial charge on any atom is -0.494 e. The molecule has 35 heavy (non-hydrogen) atoms. The van der Waals surface area contributed by atoms with Crippen molar-refractivity contribution in [1.29, 1.82) is 0 Å². The number of Topliss-reactive ketones (excluding diaryl/α,β-unsaturated/α-hetero) is 3. The molecule has 7 heteroatoms. The number of unbranched alkanes of at least 4 members (excludes halogenated alkanes) is 7. The number of anilines is 2. The van der Waals surface area contributed by atoms with Crippen molar-refractivity contribution < 1.29 is 27.9 Å². The van der Waals surface area contributed by atoms with Crippen LogP contribution in [-0.2, 0) is 9.59 Å². The number of rotatable bonds is 16. The molecule has 0 aliphatic rings. The van der Waals surface area contributed by atoms with Crippen LogP contribution in [0, 0.1) is 17.6 Å². The molecule has 1 N–H and O–H groups in total. The van der Waals surface area contributed by atoms with Crippen molar-refractivity contribution in [3.8, 4) is 5.75 Å². The summed E-state index contributed by atoms with van der Waals surface area (Å²) in [7, 11) is 0. The number of halogens is 2. The summed E-state index contributed by atoms with van der Waals surface area (Å²) in [6, 6.07) is 8.89. The monoisotopic (exact) mass is 487 g/mol. The lowest BCUT2D eigenvalue weighted by Gasteiger charge is -2.13. The molecule has 0 heterocycles. The Kier molecular flexibility index (Phi) is 11.5. The van der Waals surface area contributed by atoms with E-state index >= 15 is 0 Å². The molecule has 0 radical (unpaired) electrons.